The van der Waals surface area contributed by atoms with Crippen LogP contribution >= 0.6 is 11.3 Å². The fourth-order valence-electron chi connectivity index (χ4n) is 3.59. The van der Waals surface area contributed by atoms with E-state index >= 15 is 0 Å². The highest BCUT2D eigenvalue weighted by atomic mass is 32.1. The molecule has 1 unspecified atom stereocenters. The van der Waals surface area contributed by atoms with Crippen LogP contribution in [0, 0.1) is 19.8 Å². The summed E-state index contributed by atoms with van der Waals surface area (Å²) in [6, 6.07) is 8.17. The largest absolute Gasteiger partial charge is 0.397 e. The molecule has 3 aromatic rings. The van der Waals surface area contributed by atoms with Crippen LogP contribution in [0.5, 0.6) is 0 Å². The number of aromatic nitrogens is 1. The van der Waals surface area contributed by atoms with E-state index in [0.29, 0.717) is 16.5 Å². The number of rotatable bonds is 2. The van der Waals surface area contributed by atoms with Gasteiger partial charge in [0.05, 0.1) is 5.69 Å². The molecule has 0 radical (unpaired) electrons. The Bertz CT molecular complexity index is 1020. The minimum Gasteiger partial charge on any atom is -0.397 e. The van der Waals surface area contributed by atoms with Gasteiger partial charge < -0.3 is 11.1 Å². The predicted molar refractivity (Wildman–Crippen MR) is 109 cm³/mol. The Balaban J connectivity index is 1.71. The van der Waals surface area contributed by atoms with Gasteiger partial charge in [0.2, 0.25) is 0 Å². The summed E-state index contributed by atoms with van der Waals surface area (Å²) in [7, 11) is 0. The summed E-state index contributed by atoms with van der Waals surface area (Å²) in [5.74, 6) is 0.513. The van der Waals surface area contributed by atoms with Gasteiger partial charge >= 0.3 is 0 Å². The molecule has 0 saturated heterocycles. The third-order valence-electron chi connectivity index (χ3n) is 5.18. The average molecular weight is 366 g/mol. The lowest BCUT2D eigenvalue weighted by Gasteiger charge is -2.20. The van der Waals surface area contributed by atoms with Crippen molar-refractivity contribution in [3.8, 4) is 0 Å². The van der Waals surface area contributed by atoms with E-state index < -0.39 is 0 Å². The summed E-state index contributed by atoms with van der Waals surface area (Å²) in [6.45, 7) is 6.27. The summed E-state index contributed by atoms with van der Waals surface area (Å²) < 4.78 is 0. The van der Waals surface area contributed by atoms with Gasteiger partial charge in [-0.1, -0.05) is 19.1 Å². The number of anilines is 2. The van der Waals surface area contributed by atoms with Crippen LogP contribution < -0.4 is 11.1 Å². The average Bonchev–Trinajstić information content (AvgIpc) is 2.92. The Hall–Kier alpha value is -2.40. The van der Waals surface area contributed by atoms with Crippen molar-refractivity contribution in [1.82, 2.24) is 4.98 Å². The second kappa shape index (κ2) is 6.40. The van der Waals surface area contributed by atoms with Crippen LogP contribution in [-0.4, -0.2) is 10.9 Å². The maximum Gasteiger partial charge on any atom is 0.267 e. The SMILES string of the molecule is Cc1ccc(C)c(NC(=O)c2sc3nc4c(cc3c2N)CC(C)CC4)c1. The number of benzene rings is 1. The number of nitrogens with two attached hydrogens (primary N) is 1. The smallest absolute Gasteiger partial charge is 0.267 e. The molecule has 0 bridgehead atoms. The Morgan fingerprint density at radius 2 is 2.12 bits per heavy atom. The maximum absolute atomic E-state index is 12.8. The van der Waals surface area contributed by atoms with E-state index in [-0.39, 0.29) is 5.91 Å². The van der Waals surface area contributed by atoms with Crippen molar-refractivity contribution in [2.45, 2.75) is 40.0 Å². The van der Waals surface area contributed by atoms with Crippen LogP contribution in [0.4, 0.5) is 11.4 Å². The van der Waals surface area contributed by atoms with Gasteiger partial charge in [-0.15, -0.1) is 11.3 Å². The minimum absolute atomic E-state index is 0.162. The van der Waals surface area contributed by atoms with Gasteiger partial charge in [-0.3, -0.25) is 4.79 Å². The molecule has 134 valence electrons. The number of nitrogens with zero attached hydrogens (tertiary/aromatic N) is 1. The fraction of sp³-hybridized carbons (Fsp3) is 0.333. The first-order valence-corrected chi connectivity index (χ1v) is 9.83. The lowest BCUT2D eigenvalue weighted by Crippen LogP contribution is -2.13. The zero-order chi connectivity index (χ0) is 18.4. The number of carbonyl (C=O) groups is 1. The van der Waals surface area contributed by atoms with Crippen molar-refractivity contribution in [3.63, 3.8) is 0 Å². The second-order valence-corrected chi connectivity index (χ2v) is 8.41. The Morgan fingerprint density at radius 1 is 1.31 bits per heavy atom. The van der Waals surface area contributed by atoms with Crippen molar-refractivity contribution in [3.05, 3.63) is 51.5 Å². The van der Waals surface area contributed by atoms with E-state index in [4.69, 9.17) is 10.7 Å². The topological polar surface area (TPSA) is 68.0 Å². The number of amides is 1. The van der Waals surface area contributed by atoms with Gasteiger partial charge in [0.25, 0.3) is 5.91 Å². The summed E-state index contributed by atoms with van der Waals surface area (Å²) in [5.41, 5.74) is 12.3. The van der Waals surface area contributed by atoms with E-state index in [1.165, 1.54) is 29.0 Å². The molecule has 1 aliphatic carbocycles. The summed E-state index contributed by atoms with van der Waals surface area (Å²) >= 11 is 1.39. The van der Waals surface area contributed by atoms with Crippen molar-refractivity contribution >= 4 is 38.8 Å². The van der Waals surface area contributed by atoms with Gasteiger partial charge in [-0.05, 0) is 67.9 Å². The monoisotopic (exact) mass is 365 g/mol. The third kappa shape index (κ3) is 2.97. The minimum atomic E-state index is -0.162. The Kier molecular flexibility index (Phi) is 4.19. The van der Waals surface area contributed by atoms with Crippen molar-refractivity contribution in [2.24, 2.45) is 5.92 Å². The summed E-state index contributed by atoms with van der Waals surface area (Å²) in [6.07, 6.45) is 3.22. The number of thiophene rings is 1. The summed E-state index contributed by atoms with van der Waals surface area (Å²) in [5, 5.41) is 3.92. The highest BCUT2D eigenvalue weighted by Gasteiger charge is 2.22. The molecule has 0 saturated carbocycles. The maximum atomic E-state index is 12.8. The van der Waals surface area contributed by atoms with Crippen LogP contribution in [0.25, 0.3) is 10.2 Å². The van der Waals surface area contributed by atoms with Crippen molar-refractivity contribution < 1.29 is 4.79 Å². The highest BCUT2D eigenvalue weighted by Crippen LogP contribution is 2.36. The van der Waals surface area contributed by atoms with Crippen molar-refractivity contribution in [1.29, 1.82) is 0 Å². The number of nitrogens with one attached hydrogen (secondary N) is 1. The zero-order valence-electron chi connectivity index (χ0n) is 15.3. The lowest BCUT2D eigenvalue weighted by molar-refractivity contribution is 0.103. The number of nitrogen functional groups attached to an aromatic ring is 1. The molecule has 1 atom stereocenters. The van der Waals surface area contributed by atoms with Gasteiger partial charge in [-0.25, -0.2) is 4.98 Å². The first-order chi connectivity index (χ1) is 12.4. The van der Waals surface area contributed by atoms with Gasteiger partial charge in [-0.2, -0.15) is 0 Å². The number of aryl methyl sites for hydroxylation is 3. The van der Waals surface area contributed by atoms with E-state index in [9.17, 15) is 4.79 Å². The molecule has 4 rings (SSSR count). The molecule has 3 N–H and O–H groups in total. The third-order valence-corrected chi connectivity index (χ3v) is 6.29. The molecule has 2 aromatic heterocycles. The quantitative estimate of drug-likeness (QED) is 0.680. The van der Waals surface area contributed by atoms with E-state index in [1.807, 2.05) is 32.0 Å². The number of fused-ring (bicyclic) bond motifs is 2. The standard InChI is InChI=1S/C21H23N3OS/c1-11-5-7-16-14(8-11)10-15-18(22)19(26-21(15)24-16)20(25)23-17-9-12(2)4-6-13(17)3/h4,6,9-11H,5,7-8,22H2,1-3H3,(H,23,25). The molecule has 26 heavy (non-hydrogen) atoms. The molecule has 0 fully saturated rings. The van der Waals surface area contributed by atoms with Crippen LogP contribution in [-0.2, 0) is 12.8 Å². The first kappa shape index (κ1) is 17.0. The molecule has 5 heteroatoms. The second-order valence-electron chi connectivity index (χ2n) is 7.41. The zero-order valence-corrected chi connectivity index (χ0v) is 16.2. The van der Waals surface area contributed by atoms with Gasteiger partial charge in [0.15, 0.2) is 0 Å². The molecule has 1 aromatic carbocycles. The lowest BCUT2D eigenvalue weighted by atomic mass is 9.87. The first-order valence-electron chi connectivity index (χ1n) is 9.01. The molecule has 1 amide bonds. The predicted octanol–water partition coefficient (Wildman–Crippen LogP) is 4.87. The van der Waals surface area contributed by atoms with E-state index in [1.54, 1.807) is 0 Å². The molecular weight excluding hydrogens is 342 g/mol. The van der Waals surface area contributed by atoms with E-state index in [2.05, 4.69) is 18.3 Å². The normalized spacial score (nSPS) is 16.5. The van der Waals surface area contributed by atoms with E-state index in [0.717, 1.165) is 39.9 Å². The highest BCUT2D eigenvalue weighted by molar-refractivity contribution is 7.21. The molecule has 1 aliphatic rings. The number of carbonyl (C=O) groups excluding carboxylic acids is 1. The van der Waals surface area contributed by atoms with Crippen LogP contribution in [0.1, 0.15) is 45.4 Å². The molecular formula is C21H23N3OS. The van der Waals surface area contributed by atoms with Gasteiger partial charge in [0.1, 0.15) is 9.71 Å². The molecule has 0 aliphatic heterocycles. The number of hydrogen-bond acceptors (Lipinski definition) is 4. The van der Waals surface area contributed by atoms with Crippen LogP contribution in [0.2, 0.25) is 0 Å². The Labute approximate surface area is 157 Å². The molecule has 2 heterocycles. The van der Waals surface area contributed by atoms with Crippen LogP contribution in [0.15, 0.2) is 24.3 Å². The molecule has 4 nitrogen and oxygen atoms in total. The number of hydrogen-bond donors (Lipinski definition) is 2. The fourth-order valence-corrected chi connectivity index (χ4v) is 4.58. The van der Waals surface area contributed by atoms with Crippen LogP contribution in [0.3, 0.4) is 0 Å². The van der Waals surface area contributed by atoms with Gasteiger partial charge in [0, 0.05) is 16.8 Å². The summed E-state index contributed by atoms with van der Waals surface area (Å²) in [4.78, 5) is 19.1. The Morgan fingerprint density at radius 3 is 2.92 bits per heavy atom. The number of pyridine rings is 1. The van der Waals surface area contributed by atoms with Crippen molar-refractivity contribution in [2.75, 3.05) is 11.1 Å². The molecule has 0 spiro atoms.